The number of benzene rings is 2. The summed E-state index contributed by atoms with van der Waals surface area (Å²) in [5, 5.41) is 30.9. The van der Waals surface area contributed by atoms with Gasteiger partial charge in [0.25, 0.3) is 17.4 Å². The molecule has 0 spiro atoms. The molecule has 2 aromatic rings. The van der Waals surface area contributed by atoms with Crippen molar-refractivity contribution in [3.63, 3.8) is 0 Å². The Morgan fingerprint density at radius 2 is 1.75 bits per heavy atom. The minimum atomic E-state index is -1.36. The molecule has 1 heterocycles. The number of likely N-dealkylation sites (tertiary alicyclic amines) is 1. The summed E-state index contributed by atoms with van der Waals surface area (Å²) in [4.78, 5) is 47.4. The normalized spacial score (nSPS) is 18.3. The second-order valence-corrected chi connectivity index (χ2v) is 6.04. The molecular weight excluding hydrogens is 368 g/mol. The molecule has 1 aliphatic heterocycles. The zero-order chi connectivity index (χ0) is 20.4. The van der Waals surface area contributed by atoms with Gasteiger partial charge >= 0.3 is 5.97 Å². The Kier molecular flexibility index (Phi) is 4.90. The van der Waals surface area contributed by atoms with Crippen molar-refractivity contribution in [2.75, 3.05) is 6.54 Å². The Hall–Kier alpha value is -4.01. The number of hydrogen-bond acceptors (Lipinski definition) is 6. The van der Waals surface area contributed by atoms with E-state index in [1.165, 1.54) is 30.3 Å². The number of carbonyl (C=O) groups excluding carboxylic acids is 2. The first-order valence-corrected chi connectivity index (χ1v) is 8.11. The van der Waals surface area contributed by atoms with Gasteiger partial charge in [0.05, 0.1) is 16.5 Å². The van der Waals surface area contributed by atoms with Gasteiger partial charge in [-0.1, -0.05) is 42.5 Å². The number of rotatable bonds is 5. The quantitative estimate of drug-likeness (QED) is 0.265. The molecule has 0 aliphatic carbocycles. The second kappa shape index (κ2) is 7.31. The third-order valence-corrected chi connectivity index (χ3v) is 4.29. The van der Waals surface area contributed by atoms with Gasteiger partial charge in [-0.3, -0.25) is 24.5 Å². The largest absolute Gasteiger partial charge is 0.507 e. The number of hydrogen-bond donors (Lipinski definition) is 2. The lowest BCUT2D eigenvalue weighted by Gasteiger charge is -2.23. The molecule has 142 valence electrons. The first kappa shape index (κ1) is 18.8. The maximum atomic E-state index is 12.6. The summed E-state index contributed by atoms with van der Waals surface area (Å²) in [6.07, 6.45) is 0. The highest BCUT2D eigenvalue weighted by molar-refractivity contribution is 6.46. The van der Waals surface area contributed by atoms with E-state index in [1.54, 1.807) is 18.2 Å². The molecule has 0 saturated carbocycles. The van der Waals surface area contributed by atoms with Crippen LogP contribution in [0.3, 0.4) is 0 Å². The molecule has 9 nitrogen and oxygen atoms in total. The fourth-order valence-corrected chi connectivity index (χ4v) is 3.10. The molecule has 3 rings (SSSR count). The van der Waals surface area contributed by atoms with Gasteiger partial charge < -0.3 is 15.1 Å². The summed E-state index contributed by atoms with van der Waals surface area (Å²) in [6.45, 7) is -0.802. The SMILES string of the molecule is O=C(O)CN1C(=O)C(=O)/C(=C(/O)c2ccccc2)[C@@H]1c1cccc([N+](=O)[O-])c1. The van der Waals surface area contributed by atoms with Crippen LogP contribution in [0.2, 0.25) is 0 Å². The maximum Gasteiger partial charge on any atom is 0.323 e. The zero-order valence-electron chi connectivity index (χ0n) is 14.3. The lowest BCUT2D eigenvalue weighted by Crippen LogP contribution is -2.34. The second-order valence-electron chi connectivity index (χ2n) is 6.04. The number of aliphatic hydroxyl groups excluding tert-OH is 1. The van der Waals surface area contributed by atoms with E-state index in [0.29, 0.717) is 0 Å². The smallest absolute Gasteiger partial charge is 0.323 e. The van der Waals surface area contributed by atoms with E-state index in [4.69, 9.17) is 5.11 Å². The van der Waals surface area contributed by atoms with Gasteiger partial charge in [0, 0.05) is 17.7 Å². The number of amides is 1. The van der Waals surface area contributed by atoms with Crippen molar-refractivity contribution >= 4 is 29.1 Å². The summed E-state index contributed by atoms with van der Waals surface area (Å²) in [7, 11) is 0. The molecule has 0 radical (unpaired) electrons. The Morgan fingerprint density at radius 3 is 2.36 bits per heavy atom. The van der Waals surface area contributed by atoms with Crippen LogP contribution in [0.1, 0.15) is 17.2 Å². The van der Waals surface area contributed by atoms with Crippen LogP contribution in [0, 0.1) is 10.1 Å². The van der Waals surface area contributed by atoms with Crippen LogP contribution in [-0.2, 0) is 14.4 Å². The maximum absolute atomic E-state index is 12.6. The van der Waals surface area contributed by atoms with Crippen LogP contribution in [0.5, 0.6) is 0 Å². The average Bonchev–Trinajstić information content (AvgIpc) is 2.92. The molecule has 1 fully saturated rings. The number of nitrogens with zero attached hydrogens (tertiary/aromatic N) is 2. The van der Waals surface area contributed by atoms with E-state index in [1.807, 2.05) is 0 Å². The monoisotopic (exact) mass is 382 g/mol. The predicted octanol–water partition coefficient (Wildman–Crippen LogP) is 2.10. The van der Waals surface area contributed by atoms with Crippen molar-refractivity contribution < 1.29 is 29.5 Å². The predicted molar refractivity (Wildman–Crippen MR) is 96.2 cm³/mol. The molecule has 1 amide bonds. The van der Waals surface area contributed by atoms with Crippen LogP contribution in [-0.4, -0.2) is 44.2 Å². The average molecular weight is 382 g/mol. The Bertz CT molecular complexity index is 1010. The molecule has 2 N–H and O–H groups in total. The van der Waals surface area contributed by atoms with Crippen molar-refractivity contribution in [2.24, 2.45) is 0 Å². The van der Waals surface area contributed by atoms with E-state index >= 15 is 0 Å². The summed E-state index contributed by atoms with van der Waals surface area (Å²) in [5.41, 5.74) is -0.213. The number of nitro groups is 1. The van der Waals surface area contributed by atoms with E-state index in [0.717, 1.165) is 11.0 Å². The molecule has 2 aromatic carbocycles. The lowest BCUT2D eigenvalue weighted by atomic mass is 9.95. The summed E-state index contributed by atoms with van der Waals surface area (Å²) >= 11 is 0. The zero-order valence-corrected chi connectivity index (χ0v) is 14.3. The van der Waals surface area contributed by atoms with E-state index < -0.39 is 40.9 Å². The van der Waals surface area contributed by atoms with Crippen LogP contribution in [0.15, 0.2) is 60.2 Å². The van der Waals surface area contributed by atoms with Crippen molar-refractivity contribution in [1.82, 2.24) is 4.90 Å². The first-order chi connectivity index (χ1) is 13.3. The molecular formula is C19H14N2O7. The first-order valence-electron chi connectivity index (χ1n) is 8.11. The van der Waals surface area contributed by atoms with Gasteiger partial charge in [-0.15, -0.1) is 0 Å². The highest BCUT2D eigenvalue weighted by atomic mass is 16.6. The highest BCUT2D eigenvalue weighted by Crippen LogP contribution is 2.39. The molecule has 0 bridgehead atoms. The van der Waals surface area contributed by atoms with Crippen molar-refractivity contribution in [1.29, 1.82) is 0 Å². The minimum Gasteiger partial charge on any atom is -0.507 e. The Balaban J connectivity index is 2.23. The molecule has 1 aliphatic rings. The van der Waals surface area contributed by atoms with E-state index in [-0.39, 0.29) is 22.4 Å². The summed E-state index contributed by atoms with van der Waals surface area (Å²) in [6, 6.07) is 11.8. The van der Waals surface area contributed by atoms with Crippen LogP contribution in [0.25, 0.3) is 5.76 Å². The number of carbonyl (C=O) groups is 3. The molecule has 9 heteroatoms. The molecule has 0 unspecified atom stereocenters. The standard InChI is InChI=1S/C19H14N2O7/c22-14(23)10-20-16(12-7-4-8-13(9-12)21(27)28)15(18(25)19(20)26)17(24)11-5-2-1-3-6-11/h1-9,16,24H,10H2,(H,22,23)/b17-15+/t16-/m0/s1. The Labute approximate surface area is 158 Å². The number of Topliss-reactive ketones (excluding diaryl/α,β-unsaturated/α-hetero) is 1. The molecule has 1 atom stereocenters. The van der Waals surface area contributed by atoms with E-state index in [9.17, 15) is 29.6 Å². The summed E-state index contributed by atoms with van der Waals surface area (Å²) < 4.78 is 0. The number of carboxylic acids is 1. The highest BCUT2D eigenvalue weighted by Gasteiger charge is 2.47. The number of carboxylic acid groups (broad SMARTS) is 1. The van der Waals surface area contributed by atoms with Gasteiger partial charge in [0.1, 0.15) is 12.3 Å². The van der Waals surface area contributed by atoms with Gasteiger partial charge in [-0.05, 0) is 5.56 Å². The molecule has 28 heavy (non-hydrogen) atoms. The van der Waals surface area contributed by atoms with Crippen LogP contribution in [0.4, 0.5) is 5.69 Å². The van der Waals surface area contributed by atoms with Crippen LogP contribution < -0.4 is 0 Å². The van der Waals surface area contributed by atoms with Gasteiger partial charge in [-0.2, -0.15) is 0 Å². The van der Waals surface area contributed by atoms with Crippen molar-refractivity contribution in [3.8, 4) is 0 Å². The number of non-ortho nitro benzene ring substituents is 1. The number of aliphatic hydroxyl groups is 1. The number of ketones is 1. The van der Waals surface area contributed by atoms with Gasteiger partial charge in [0.15, 0.2) is 0 Å². The van der Waals surface area contributed by atoms with E-state index in [2.05, 4.69) is 0 Å². The lowest BCUT2D eigenvalue weighted by molar-refractivity contribution is -0.384. The van der Waals surface area contributed by atoms with Crippen molar-refractivity contribution in [3.05, 3.63) is 81.4 Å². The fourth-order valence-electron chi connectivity index (χ4n) is 3.10. The minimum absolute atomic E-state index is 0.145. The van der Waals surface area contributed by atoms with Crippen molar-refractivity contribution in [2.45, 2.75) is 6.04 Å². The Morgan fingerprint density at radius 1 is 1.07 bits per heavy atom. The number of aliphatic carboxylic acids is 1. The third kappa shape index (κ3) is 3.32. The topological polar surface area (TPSA) is 138 Å². The van der Waals surface area contributed by atoms with Gasteiger partial charge in [-0.25, -0.2) is 0 Å². The molecule has 1 saturated heterocycles. The fraction of sp³-hybridized carbons (Fsp3) is 0.105. The summed E-state index contributed by atoms with van der Waals surface area (Å²) in [5.74, 6) is -4.00. The van der Waals surface area contributed by atoms with Gasteiger partial charge in [0.2, 0.25) is 0 Å². The van der Waals surface area contributed by atoms with Crippen LogP contribution >= 0.6 is 0 Å². The molecule has 0 aromatic heterocycles. The third-order valence-electron chi connectivity index (χ3n) is 4.29. The number of nitro benzene ring substituents is 1.